The Balaban J connectivity index is 2.50. The van der Waals surface area contributed by atoms with Gasteiger partial charge in [-0.3, -0.25) is 9.59 Å². The summed E-state index contributed by atoms with van der Waals surface area (Å²) < 4.78 is 12.7. The lowest BCUT2D eigenvalue weighted by atomic mass is 9.97. The summed E-state index contributed by atoms with van der Waals surface area (Å²) >= 11 is 3.69. The number of halogens is 1. The highest BCUT2D eigenvalue weighted by Crippen LogP contribution is 2.37. The highest BCUT2D eigenvalue weighted by molar-refractivity contribution is 9.10. The van der Waals surface area contributed by atoms with Crippen LogP contribution in [0.15, 0.2) is 22.7 Å². The number of carbonyl (C=O) groups excluding carboxylic acids is 2. The summed E-state index contributed by atoms with van der Waals surface area (Å²) in [5.41, 5.74) is 1.93. The molecule has 1 atom stereocenters. The number of benzene rings is 1. The van der Waals surface area contributed by atoms with Gasteiger partial charge in [0.2, 0.25) is 0 Å². The van der Waals surface area contributed by atoms with E-state index in [4.69, 9.17) is 9.47 Å². The third kappa shape index (κ3) is 5.39. The first-order valence-corrected chi connectivity index (χ1v) is 10.0. The summed E-state index contributed by atoms with van der Waals surface area (Å²) in [6, 6.07) is 5.46. The molecule has 0 bridgehead atoms. The SMILES string of the molecule is Cc1cc2nc(C=O)ccc2c(Br)c1C(COC(=O)C(C)(C)C)OC(C)(C)C. The third-order valence-corrected chi connectivity index (χ3v) is 4.97. The fourth-order valence-electron chi connectivity index (χ4n) is 2.82. The molecule has 0 amide bonds. The van der Waals surface area contributed by atoms with E-state index in [1.807, 2.05) is 60.6 Å². The van der Waals surface area contributed by atoms with Gasteiger partial charge in [-0.05, 0) is 88.2 Å². The molecule has 5 nitrogen and oxygen atoms in total. The van der Waals surface area contributed by atoms with Crippen LogP contribution in [0.5, 0.6) is 0 Å². The smallest absolute Gasteiger partial charge is 0.311 e. The predicted molar refractivity (Wildman–Crippen MR) is 114 cm³/mol. The molecular weight excluding hydrogens is 422 g/mol. The maximum atomic E-state index is 12.3. The van der Waals surface area contributed by atoms with Crippen LogP contribution in [0.25, 0.3) is 10.9 Å². The molecule has 28 heavy (non-hydrogen) atoms. The van der Waals surface area contributed by atoms with Gasteiger partial charge in [-0.1, -0.05) is 0 Å². The van der Waals surface area contributed by atoms with E-state index in [-0.39, 0.29) is 12.6 Å². The number of pyridine rings is 1. The quantitative estimate of drug-likeness (QED) is 0.441. The van der Waals surface area contributed by atoms with Crippen molar-refractivity contribution >= 4 is 39.1 Å². The van der Waals surface area contributed by atoms with Gasteiger partial charge in [-0.15, -0.1) is 0 Å². The van der Waals surface area contributed by atoms with Crippen molar-refractivity contribution in [2.45, 2.75) is 60.2 Å². The molecule has 0 radical (unpaired) electrons. The fraction of sp³-hybridized carbons (Fsp3) is 0.500. The van der Waals surface area contributed by atoms with E-state index in [1.54, 1.807) is 6.07 Å². The summed E-state index contributed by atoms with van der Waals surface area (Å²) in [6.07, 6.45) is 0.282. The number of nitrogens with zero attached hydrogens (tertiary/aromatic N) is 1. The maximum Gasteiger partial charge on any atom is 0.311 e. The van der Waals surface area contributed by atoms with Crippen molar-refractivity contribution in [2.75, 3.05) is 6.61 Å². The number of aryl methyl sites for hydroxylation is 1. The second-order valence-corrected chi connectivity index (χ2v) is 9.70. The van der Waals surface area contributed by atoms with Crippen LogP contribution >= 0.6 is 15.9 Å². The van der Waals surface area contributed by atoms with Gasteiger partial charge in [0.25, 0.3) is 0 Å². The molecule has 0 fully saturated rings. The van der Waals surface area contributed by atoms with Gasteiger partial charge in [0.15, 0.2) is 6.29 Å². The number of hydrogen-bond donors (Lipinski definition) is 0. The molecule has 1 heterocycles. The molecule has 0 saturated carbocycles. The molecule has 0 aliphatic carbocycles. The Morgan fingerprint density at radius 2 is 1.86 bits per heavy atom. The van der Waals surface area contributed by atoms with E-state index in [0.717, 1.165) is 32.8 Å². The van der Waals surface area contributed by atoms with Crippen LogP contribution in [0.4, 0.5) is 0 Å². The molecule has 0 N–H and O–H groups in total. The summed E-state index contributed by atoms with van der Waals surface area (Å²) in [5.74, 6) is -0.276. The summed E-state index contributed by atoms with van der Waals surface area (Å²) in [7, 11) is 0. The zero-order valence-corrected chi connectivity index (χ0v) is 19.1. The number of aldehydes is 1. The minimum atomic E-state index is -0.586. The predicted octanol–water partition coefficient (Wildman–Crippen LogP) is 5.56. The average Bonchev–Trinajstić information content (AvgIpc) is 2.56. The normalized spacial score (nSPS) is 13.4. The zero-order valence-electron chi connectivity index (χ0n) is 17.6. The molecule has 0 aliphatic heterocycles. The number of carbonyl (C=O) groups is 2. The van der Waals surface area contributed by atoms with Crippen LogP contribution < -0.4 is 0 Å². The van der Waals surface area contributed by atoms with E-state index >= 15 is 0 Å². The standard InChI is InChI=1S/C22H28BrNO4/c1-13-10-16-15(9-8-14(11-25)24-16)19(23)18(13)17(28-22(5,6)7)12-27-20(26)21(2,3)4/h8-11,17H,12H2,1-7H3. The Bertz CT molecular complexity index is 894. The highest BCUT2D eigenvalue weighted by atomic mass is 79.9. The Hall–Kier alpha value is -1.79. The van der Waals surface area contributed by atoms with Crippen molar-refractivity contribution < 1.29 is 19.1 Å². The molecule has 1 unspecified atom stereocenters. The van der Waals surface area contributed by atoms with Crippen molar-refractivity contribution in [1.29, 1.82) is 0 Å². The lowest BCUT2D eigenvalue weighted by Gasteiger charge is -2.30. The lowest BCUT2D eigenvalue weighted by Crippen LogP contribution is -2.30. The van der Waals surface area contributed by atoms with Crippen molar-refractivity contribution in [1.82, 2.24) is 4.98 Å². The molecule has 6 heteroatoms. The maximum absolute atomic E-state index is 12.3. The molecular formula is C22H28BrNO4. The van der Waals surface area contributed by atoms with Crippen LogP contribution in [0.2, 0.25) is 0 Å². The molecule has 2 rings (SSSR count). The zero-order chi connectivity index (χ0) is 21.3. The first-order chi connectivity index (χ1) is 12.8. The largest absolute Gasteiger partial charge is 0.462 e. The monoisotopic (exact) mass is 449 g/mol. The molecule has 0 spiro atoms. The second-order valence-electron chi connectivity index (χ2n) is 8.91. The number of fused-ring (bicyclic) bond motifs is 1. The van der Waals surface area contributed by atoms with E-state index < -0.39 is 17.1 Å². The second kappa shape index (κ2) is 8.29. The van der Waals surface area contributed by atoms with Gasteiger partial charge in [-0.25, -0.2) is 4.98 Å². The van der Waals surface area contributed by atoms with Gasteiger partial charge in [0.1, 0.15) is 18.4 Å². The number of aromatic nitrogens is 1. The number of esters is 1. The van der Waals surface area contributed by atoms with Crippen molar-refractivity contribution in [3.8, 4) is 0 Å². The Morgan fingerprint density at radius 1 is 1.21 bits per heavy atom. The topological polar surface area (TPSA) is 65.5 Å². The molecule has 1 aromatic heterocycles. The summed E-state index contributed by atoms with van der Waals surface area (Å²) in [5, 5.41) is 0.871. The fourth-order valence-corrected chi connectivity index (χ4v) is 3.72. The van der Waals surface area contributed by atoms with E-state index in [9.17, 15) is 9.59 Å². The van der Waals surface area contributed by atoms with Crippen molar-refractivity contribution in [2.24, 2.45) is 5.41 Å². The molecule has 2 aromatic rings. The molecule has 0 saturated heterocycles. The number of hydrogen-bond acceptors (Lipinski definition) is 5. The minimum absolute atomic E-state index is 0.109. The summed E-state index contributed by atoms with van der Waals surface area (Å²) in [6.45, 7) is 13.4. The third-order valence-electron chi connectivity index (χ3n) is 4.11. The van der Waals surface area contributed by atoms with E-state index in [2.05, 4.69) is 20.9 Å². The van der Waals surface area contributed by atoms with E-state index in [1.165, 1.54) is 0 Å². The first-order valence-electron chi connectivity index (χ1n) is 9.23. The summed E-state index contributed by atoms with van der Waals surface area (Å²) in [4.78, 5) is 27.7. The first kappa shape index (κ1) is 22.5. The van der Waals surface area contributed by atoms with E-state index in [0.29, 0.717) is 5.69 Å². The van der Waals surface area contributed by atoms with Crippen LogP contribution in [0.3, 0.4) is 0 Å². The van der Waals surface area contributed by atoms with Crippen molar-refractivity contribution in [3.63, 3.8) is 0 Å². The molecule has 0 aliphatic rings. The number of rotatable bonds is 5. The van der Waals surface area contributed by atoms with Crippen LogP contribution in [-0.2, 0) is 14.3 Å². The lowest BCUT2D eigenvalue weighted by molar-refractivity contribution is -0.162. The van der Waals surface area contributed by atoms with Crippen LogP contribution in [0, 0.1) is 12.3 Å². The Morgan fingerprint density at radius 3 is 2.39 bits per heavy atom. The molecule has 152 valence electrons. The van der Waals surface area contributed by atoms with Gasteiger partial charge in [0.05, 0.1) is 16.5 Å². The number of ether oxygens (including phenoxy) is 2. The Kier molecular flexibility index (Phi) is 6.66. The average molecular weight is 450 g/mol. The van der Waals surface area contributed by atoms with Gasteiger partial charge >= 0.3 is 5.97 Å². The van der Waals surface area contributed by atoms with Crippen LogP contribution in [0.1, 0.15) is 69.3 Å². The van der Waals surface area contributed by atoms with Gasteiger partial charge in [0, 0.05) is 15.4 Å². The van der Waals surface area contributed by atoms with Gasteiger partial charge in [-0.2, -0.15) is 0 Å². The van der Waals surface area contributed by atoms with Crippen molar-refractivity contribution in [3.05, 3.63) is 39.5 Å². The highest BCUT2D eigenvalue weighted by Gasteiger charge is 2.29. The minimum Gasteiger partial charge on any atom is -0.462 e. The molecule has 1 aromatic carbocycles. The van der Waals surface area contributed by atoms with Gasteiger partial charge < -0.3 is 9.47 Å². The van der Waals surface area contributed by atoms with Crippen LogP contribution in [-0.4, -0.2) is 29.4 Å². The Labute approximate surface area is 174 Å².